The van der Waals surface area contributed by atoms with E-state index in [1.807, 2.05) is 24.3 Å². The van der Waals surface area contributed by atoms with Crippen molar-refractivity contribution in [2.45, 2.75) is 26.4 Å². The number of imidazole rings is 1. The van der Waals surface area contributed by atoms with Crippen LogP contribution in [0, 0.1) is 5.82 Å². The van der Waals surface area contributed by atoms with Crippen molar-refractivity contribution in [3.63, 3.8) is 0 Å². The number of hydrogen-bond acceptors (Lipinski definition) is 4. The molecule has 0 saturated heterocycles. The second-order valence-electron chi connectivity index (χ2n) is 7.22. The number of rotatable bonds is 5. The van der Waals surface area contributed by atoms with E-state index < -0.39 is 17.1 Å². The molecular weight excluding hydrogens is 387 g/mol. The zero-order valence-electron chi connectivity index (χ0n) is 16.9. The first-order chi connectivity index (χ1) is 14.4. The molecular formula is C22H21FN4O3. The van der Waals surface area contributed by atoms with Crippen LogP contribution < -0.4 is 16.0 Å². The Hall–Kier alpha value is -3.68. The van der Waals surface area contributed by atoms with Gasteiger partial charge in [-0.1, -0.05) is 24.3 Å². The van der Waals surface area contributed by atoms with E-state index in [2.05, 4.69) is 4.98 Å². The fourth-order valence-electron chi connectivity index (χ4n) is 3.59. The number of ether oxygens (including phenoxy) is 1. The molecule has 154 valence electrons. The Balaban J connectivity index is 2.03. The van der Waals surface area contributed by atoms with Gasteiger partial charge in [0, 0.05) is 11.6 Å². The van der Waals surface area contributed by atoms with Crippen molar-refractivity contribution in [1.29, 1.82) is 0 Å². The number of methoxy groups -OCH3 is 1. The highest BCUT2D eigenvalue weighted by Crippen LogP contribution is 2.21. The quantitative estimate of drug-likeness (QED) is 0.509. The zero-order chi connectivity index (χ0) is 21.4. The molecule has 0 amide bonds. The van der Waals surface area contributed by atoms with Crippen molar-refractivity contribution < 1.29 is 9.13 Å². The maximum absolute atomic E-state index is 13.9. The predicted octanol–water partition coefficient (Wildman–Crippen LogP) is 3.13. The summed E-state index contributed by atoms with van der Waals surface area (Å²) in [4.78, 5) is 30.8. The van der Waals surface area contributed by atoms with Gasteiger partial charge in [0.15, 0.2) is 11.2 Å². The molecule has 2 aromatic heterocycles. The van der Waals surface area contributed by atoms with Crippen LogP contribution in [-0.4, -0.2) is 25.8 Å². The monoisotopic (exact) mass is 408 g/mol. The lowest BCUT2D eigenvalue weighted by molar-refractivity contribution is 0.408. The van der Waals surface area contributed by atoms with E-state index in [0.29, 0.717) is 18.0 Å². The van der Waals surface area contributed by atoms with E-state index in [4.69, 9.17) is 4.74 Å². The van der Waals surface area contributed by atoms with Gasteiger partial charge in [0.25, 0.3) is 5.56 Å². The van der Waals surface area contributed by atoms with Gasteiger partial charge in [-0.15, -0.1) is 0 Å². The Morgan fingerprint density at radius 3 is 2.57 bits per heavy atom. The van der Waals surface area contributed by atoms with Gasteiger partial charge < -0.3 is 9.30 Å². The lowest BCUT2D eigenvalue weighted by atomic mass is 10.2. The Morgan fingerprint density at radius 2 is 1.87 bits per heavy atom. The van der Waals surface area contributed by atoms with E-state index >= 15 is 0 Å². The third kappa shape index (κ3) is 3.20. The summed E-state index contributed by atoms with van der Waals surface area (Å²) in [7, 11) is 1.58. The number of para-hydroxylation sites is 1. The minimum atomic E-state index is -0.560. The molecule has 0 unspecified atom stereocenters. The highest BCUT2D eigenvalue weighted by atomic mass is 19.1. The van der Waals surface area contributed by atoms with Crippen molar-refractivity contribution >= 4 is 11.2 Å². The summed E-state index contributed by atoms with van der Waals surface area (Å²) in [5, 5.41) is 0. The van der Waals surface area contributed by atoms with Crippen molar-refractivity contribution in [3.8, 4) is 11.4 Å². The van der Waals surface area contributed by atoms with Gasteiger partial charge in [0.05, 0.1) is 25.7 Å². The van der Waals surface area contributed by atoms with Crippen LogP contribution in [0.15, 0.2) is 64.4 Å². The van der Waals surface area contributed by atoms with Gasteiger partial charge in [-0.25, -0.2) is 18.7 Å². The highest BCUT2D eigenvalue weighted by Gasteiger charge is 2.21. The van der Waals surface area contributed by atoms with Crippen LogP contribution >= 0.6 is 0 Å². The van der Waals surface area contributed by atoms with Gasteiger partial charge >= 0.3 is 5.69 Å². The van der Waals surface area contributed by atoms with Crippen LogP contribution in [-0.2, 0) is 6.54 Å². The molecule has 0 spiro atoms. The lowest BCUT2D eigenvalue weighted by Crippen LogP contribution is -2.41. The molecule has 8 heteroatoms. The number of halogens is 1. The van der Waals surface area contributed by atoms with E-state index in [1.165, 1.54) is 29.1 Å². The molecule has 0 aliphatic heterocycles. The van der Waals surface area contributed by atoms with E-state index in [1.54, 1.807) is 31.6 Å². The molecule has 0 aliphatic rings. The smallest absolute Gasteiger partial charge is 0.337 e. The maximum Gasteiger partial charge on any atom is 0.337 e. The summed E-state index contributed by atoms with van der Waals surface area (Å²) >= 11 is 0. The van der Waals surface area contributed by atoms with Crippen LogP contribution in [0.5, 0.6) is 5.75 Å². The minimum Gasteiger partial charge on any atom is -0.496 e. The standard InChI is InChI=1S/C22H21FN4O3/c1-14(2)26-21(28)19-20(27(22(26)29)17-9-6-8-16(23)11-17)24-13-25(19)12-15-7-4-5-10-18(15)30-3/h4-11,13-14H,12H2,1-3H3. The van der Waals surface area contributed by atoms with Crippen LogP contribution in [0.4, 0.5) is 4.39 Å². The van der Waals surface area contributed by atoms with Gasteiger partial charge in [0.2, 0.25) is 0 Å². The van der Waals surface area contributed by atoms with Crippen LogP contribution in [0.25, 0.3) is 16.9 Å². The molecule has 4 aromatic rings. The lowest BCUT2D eigenvalue weighted by Gasteiger charge is -2.15. The molecule has 2 aromatic carbocycles. The van der Waals surface area contributed by atoms with Gasteiger partial charge in [-0.3, -0.25) is 9.36 Å². The third-order valence-electron chi connectivity index (χ3n) is 4.96. The van der Waals surface area contributed by atoms with Crippen molar-refractivity contribution in [1.82, 2.24) is 18.7 Å². The first-order valence-electron chi connectivity index (χ1n) is 9.52. The molecule has 0 atom stereocenters. The maximum atomic E-state index is 13.9. The van der Waals surface area contributed by atoms with E-state index in [-0.39, 0.29) is 17.2 Å². The van der Waals surface area contributed by atoms with Gasteiger partial charge in [-0.05, 0) is 38.1 Å². The van der Waals surface area contributed by atoms with Crippen molar-refractivity contribution in [2.24, 2.45) is 0 Å². The first kappa shape index (κ1) is 19.6. The largest absolute Gasteiger partial charge is 0.496 e. The first-order valence-corrected chi connectivity index (χ1v) is 9.52. The van der Waals surface area contributed by atoms with E-state index in [9.17, 15) is 14.0 Å². The number of fused-ring (bicyclic) bond motifs is 1. The summed E-state index contributed by atoms with van der Waals surface area (Å²) in [6, 6.07) is 12.8. The number of hydrogen-bond donors (Lipinski definition) is 0. The van der Waals surface area contributed by atoms with Crippen molar-refractivity contribution in [3.05, 3.63) is 87.1 Å². The van der Waals surface area contributed by atoms with Gasteiger partial charge in [-0.2, -0.15) is 0 Å². The molecule has 30 heavy (non-hydrogen) atoms. The Morgan fingerprint density at radius 1 is 1.10 bits per heavy atom. The number of benzene rings is 2. The second-order valence-corrected chi connectivity index (χ2v) is 7.22. The molecule has 0 saturated carbocycles. The summed E-state index contributed by atoms with van der Waals surface area (Å²) in [5.74, 6) is 0.199. The molecule has 0 aliphatic carbocycles. The Labute approximate surface area is 171 Å². The fraction of sp³-hybridized carbons (Fsp3) is 0.227. The zero-order valence-corrected chi connectivity index (χ0v) is 16.9. The SMILES string of the molecule is COc1ccccc1Cn1cnc2c1c(=O)n(C(C)C)c(=O)n2-c1cccc(F)c1. The minimum absolute atomic E-state index is 0.183. The van der Waals surface area contributed by atoms with Crippen molar-refractivity contribution in [2.75, 3.05) is 7.11 Å². The van der Waals surface area contributed by atoms with E-state index in [0.717, 1.165) is 10.1 Å². The molecule has 0 N–H and O–H groups in total. The average molecular weight is 408 g/mol. The normalized spacial score (nSPS) is 11.4. The molecule has 7 nitrogen and oxygen atoms in total. The second kappa shape index (κ2) is 7.62. The predicted molar refractivity (Wildman–Crippen MR) is 112 cm³/mol. The topological polar surface area (TPSA) is 71.1 Å². The van der Waals surface area contributed by atoms with Crippen LogP contribution in [0.1, 0.15) is 25.5 Å². The molecule has 0 fully saturated rings. The molecule has 4 rings (SSSR count). The Bertz CT molecular complexity index is 1350. The molecule has 2 heterocycles. The van der Waals surface area contributed by atoms with Crippen LogP contribution in [0.2, 0.25) is 0 Å². The molecule has 0 bridgehead atoms. The summed E-state index contributed by atoms with van der Waals surface area (Å²) in [6.07, 6.45) is 1.51. The summed E-state index contributed by atoms with van der Waals surface area (Å²) in [5.41, 5.74) is 0.613. The summed E-state index contributed by atoms with van der Waals surface area (Å²) in [6.45, 7) is 3.84. The summed E-state index contributed by atoms with van der Waals surface area (Å²) < 4.78 is 23.4. The third-order valence-corrected chi connectivity index (χ3v) is 4.96. The Kier molecular flexibility index (Phi) is 4.99. The number of aromatic nitrogens is 4. The van der Waals surface area contributed by atoms with Gasteiger partial charge in [0.1, 0.15) is 11.6 Å². The fourth-order valence-corrected chi connectivity index (χ4v) is 3.59. The highest BCUT2D eigenvalue weighted by molar-refractivity contribution is 5.72. The number of nitrogens with zero attached hydrogens (tertiary/aromatic N) is 4. The molecule has 0 radical (unpaired) electrons. The van der Waals surface area contributed by atoms with Crippen LogP contribution in [0.3, 0.4) is 0 Å². The average Bonchev–Trinajstić information content (AvgIpc) is 3.12.